The molecule has 0 aliphatic rings. The van der Waals surface area contributed by atoms with Crippen LogP contribution in [0.15, 0.2) is 42.5 Å². The summed E-state index contributed by atoms with van der Waals surface area (Å²) in [6, 6.07) is 14.0. The number of hydrogen-bond donors (Lipinski definition) is 2. The molecule has 0 radical (unpaired) electrons. The van der Waals surface area contributed by atoms with Gasteiger partial charge in [0.15, 0.2) is 0 Å². The number of benzene rings is 2. The maximum Gasteiger partial charge on any atom is 0.228 e. The molecule has 0 heterocycles. The lowest BCUT2D eigenvalue weighted by Crippen LogP contribution is -2.30. The van der Waals surface area contributed by atoms with Gasteiger partial charge in [-0.05, 0) is 18.0 Å². The highest BCUT2D eigenvalue weighted by Gasteiger charge is 2.13. The number of hydrogen-bond acceptors (Lipinski definition) is 2. The molecular formula is C16H20N2O. The van der Waals surface area contributed by atoms with E-state index in [4.69, 9.17) is 0 Å². The lowest BCUT2D eigenvalue weighted by atomic mass is 10.1. The Kier molecular flexibility index (Phi) is 4.53. The summed E-state index contributed by atoms with van der Waals surface area (Å²) in [7, 11) is 0. The zero-order chi connectivity index (χ0) is 13.7. The first-order valence-electron chi connectivity index (χ1n) is 6.71. The van der Waals surface area contributed by atoms with Gasteiger partial charge in [-0.3, -0.25) is 4.79 Å². The number of nitrogens with one attached hydrogen (secondary N) is 2. The average molecular weight is 256 g/mol. The van der Waals surface area contributed by atoms with Crippen molar-refractivity contribution >= 4 is 22.4 Å². The average Bonchev–Trinajstić information content (AvgIpc) is 2.45. The van der Waals surface area contributed by atoms with Gasteiger partial charge in [-0.1, -0.05) is 50.2 Å². The molecule has 0 spiro atoms. The first-order valence-corrected chi connectivity index (χ1v) is 6.71. The third-order valence-electron chi connectivity index (χ3n) is 3.20. The minimum atomic E-state index is -0.0427. The van der Waals surface area contributed by atoms with Gasteiger partial charge in [0.25, 0.3) is 0 Å². The maximum atomic E-state index is 12.1. The Labute approximate surface area is 114 Å². The summed E-state index contributed by atoms with van der Waals surface area (Å²) < 4.78 is 0. The van der Waals surface area contributed by atoms with Gasteiger partial charge in [0.1, 0.15) is 0 Å². The van der Waals surface area contributed by atoms with Gasteiger partial charge in [-0.15, -0.1) is 0 Å². The van der Waals surface area contributed by atoms with Gasteiger partial charge in [0.05, 0.1) is 0 Å². The van der Waals surface area contributed by atoms with E-state index >= 15 is 0 Å². The smallest absolute Gasteiger partial charge is 0.228 e. The Morgan fingerprint density at radius 1 is 1.16 bits per heavy atom. The van der Waals surface area contributed by atoms with Crippen LogP contribution >= 0.6 is 0 Å². The molecule has 0 aliphatic carbocycles. The Morgan fingerprint density at radius 3 is 2.68 bits per heavy atom. The lowest BCUT2D eigenvalue weighted by Gasteiger charge is -2.14. The molecule has 0 saturated heterocycles. The van der Waals surface area contributed by atoms with Gasteiger partial charge in [0.2, 0.25) is 5.91 Å². The topological polar surface area (TPSA) is 41.1 Å². The van der Waals surface area contributed by atoms with Gasteiger partial charge < -0.3 is 10.6 Å². The molecule has 1 amide bonds. The van der Waals surface area contributed by atoms with E-state index in [0.29, 0.717) is 6.54 Å². The largest absolute Gasteiger partial charge is 0.325 e. The van der Waals surface area contributed by atoms with Crippen molar-refractivity contribution in [1.82, 2.24) is 5.32 Å². The van der Waals surface area contributed by atoms with E-state index in [9.17, 15) is 4.79 Å². The summed E-state index contributed by atoms with van der Waals surface area (Å²) in [5.41, 5.74) is 0.881. The van der Waals surface area contributed by atoms with Gasteiger partial charge >= 0.3 is 0 Å². The molecule has 2 rings (SSSR count). The normalized spacial score (nSPS) is 12.3. The fraction of sp³-hybridized carbons (Fsp3) is 0.312. The van der Waals surface area contributed by atoms with Crippen molar-refractivity contribution in [3.8, 4) is 0 Å². The van der Waals surface area contributed by atoms with Gasteiger partial charge in [-0.25, -0.2) is 0 Å². The predicted molar refractivity (Wildman–Crippen MR) is 80.3 cm³/mol. The standard InChI is InChI=1S/C16H20N2O/c1-3-17-11-12(2)16(19)18-15-10-6-8-13-7-4-5-9-14(13)15/h4-10,12,17H,3,11H2,1-2H3,(H,18,19). The molecule has 0 fully saturated rings. The monoisotopic (exact) mass is 256 g/mol. The van der Waals surface area contributed by atoms with E-state index in [1.807, 2.05) is 56.3 Å². The molecule has 0 bridgehead atoms. The highest BCUT2D eigenvalue weighted by atomic mass is 16.1. The van der Waals surface area contributed by atoms with Gasteiger partial charge in [0, 0.05) is 23.5 Å². The summed E-state index contributed by atoms with van der Waals surface area (Å²) in [5.74, 6) is 0.0104. The SMILES string of the molecule is CCNCC(C)C(=O)Nc1cccc2ccccc12. The highest BCUT2D eigenvalue weighted by molar-refractivity contribution is 6.02. The molecule has 0 saturated carbocycles. The van der Waals surface area contributed by atoms with E-state index in [1.54, 1.807) is 0 Å². The van der Waals surface area contributed by atoms with Crippen molar-refractivity contribution < 1.29 is 4.79 Å². The molecule has 1 atom stereocenters. The molecule has 3 nitrogen and oxygen atoms in total. The molecule has 100 valence electrons. The molecule has 2 aromatic rings. The second-order valence-electron chi connectivity index (χ2n) is 4.72. The van der Waals surface area contributed by atoms with Crippen molar-refractivity contribution in [1.29, 1.82) is 0 Å². The van der Waals surface area contributed by atoms with Crippen LogP contribution in [0, 0.1) is 5.92 Å². The molecule has 2 aromatic carbocycles. The fourth-order valence-corrected chi connectivity index (χ4v) is 2.04. The Hall–Kier alpha value is -1.87. The number of amides is 1. The minimum Gasteiger partial charge on any atom is -0.325 e. The molecule has 19 heavy (non-hydrogen) atoms. The Balaban J connectivity index is 2.15. The van der Waals surface area contributed by atoms with Crippen LogP contribution in [0.5, 0.6) is 0 Å². The fourth-order valence-electron chi connectivity index (χ4n) is 2.04. The zero-order valence-electron chi connectivity index (χ0n) is 11.4. The second-order valence-corrected chi connectivity index (χ2v) is 4.72. The lowest BCUT2D eigenvalue weighted by molar-refractivity contribution is -0.119. The predicted octanol–water partition coefficient (Wildman–Crippen LogP) is 3.02. The summed E-state index contributed by atoms with van der Waals surface area (Å²) in [6.45, 7) is 5.55. The Morgan fingerprint density at radius 2 is 1.89 bits per heavy atom. The first kappa shape index (κ1) is 13.6. The minimum absolute atomic E-state index is 0.0427. The molecule has 1 unspecified atom stereocenters. The highest BCUT2D eigenvalue weighted by Crippen LogP contribution is 2.23. The van der Waals surface area contributed by atoms with E-state index in [0.717, 1.165) is 23.0 Å². The number of anilines is 1. The van der Waals surface area contributed by atoms with Crippen LogP contribution in [0.2, 0.25) is 0 Å². The van der Waals surface area contributed by atoms with Crippen LogP contribution in [0.25, 0.3) is 10.8 Å². The van der Waals surface area contributed by atoms with E-state index in [1.165, 1.54) is 0 Å². The molecular weight excluding hydrogens is 236 g/mol. The zero-order valence-corrected chi connectivity index (χ0v) is 11.4. The van der Waals surface area contributed by atoms with Crippen LogP contribution in [-0.4, -0.2) is 19.0 Å². The summed E-state index contributed by atoms with van der Waals surface area (Å²) in [6.07, 6.45) is 0. The van der Waals surface area contributed by atoms with Gasteiger partial charge in [-0.2, -0.15) is 0 Å². The summed E-state index contributed by atoms with van der Waals surface area (Å²) in [4.78, 5) is 12.1. The van der Waals surface area contributed by atoms with Crippen LogP contribution in [0.4, 0.5) is 5.69 Å². The summed E-state index contributed by atoms with van der Waals surface area (Å²) >= 11 is 0. The second kappa shape index (κ2) is 6.34. The van der Waals surface area contributed by atoms with Crippen LogP contribution in [-0.2, 0) is 4.79 Å². The number of fused-ring (bicyclic) bond motifs is 1. The van der Waals surface area contributed by atoms with E-state index < -0.39 is 0 Å². The van der Waals surface area contributed by atoms with Crippen LogP contribution < -0.4 is 10.6 Å². The quantitative estimate of drug-likeness (QED) is 0.863. The molecule has 0 aromatic heterocycles. The molecule has 3 heteroatoms. The van der Waals surface area contributed by atoms with Crippen molar-refractivity contribution in [2.45, 2.75) is 13.8 Å². The number of rotatable bonds is 5. The third-order valence-corrected chi connectivity index (χ3v) is 3.20. The first-order chi connectivity index (χ1) is 9.22. The van der Waals surface area contributed by atoms with Crippen molar-refractivity contribution in [3.05, 3.63) is 42.5 Å². The molecule has 0 aliphatic heterocycles. The maximum absolute atomic E-state index is 12.1. The third kappa shape index (κ3) is 3.32. The van der Waals surface area contributed by atoms with Crippen molar-refractivity contribution in [2.24, 2.45) is 5.92 Å². The number of carbonyl (C=O) groups excluding carboxylic acids is 1. The van der Waals surface area contributed by atoms with E-state index in [2.05, 4.69) is 10.6 Å². The number of carbonyl (C=O) groups is 1. The van der Waals surface area contributed by atoms with Crippen molar-refractivity contribution in [2.75, 3.05) is 18.4 Å². The van der Waals surface area contributed by atoms with Crippen LogP contribution in [0.1, 0.15) is 13.8 Å². The van der Waals surface area contributed by atoms with Crippen LogP contribution in [0.3, 0.4) is 0 Å². The van der Waals surface area contributed by atoms with E-state index in [-0.39, 0.29) is 11.8 Å². The summed E-state index contributed by atoms with van der Waals surface area (Å²) in [5, 5.41) is 8.42. The molecule has 2 N–H and O–H groups in total. The van der Waals surface area contributed by atoms with Crippen molar-refractivity contribution in [3.63, 3.8) is 0 Å². The Bertz CT molecular complexity index is 560.